The van der Waals surface area contributed by atoms with Crippen LogP contribution in [0, 0.1) is 0 Å². The van der Waals surface area contributed by atoms with Gasteiger partial charge in [-0.05, 0) is 61.8 Å². The largest absolute Gasteiger partial charge is 0.314 e. The number of benzene rings is 1. The van der Waals surface area contributed by atoms with Gasteiger partial charge < -0.3 is 5.32 Å². The van der Waals surface area contributed by atoms with Crippen molar-refractivity contribution in [3.63, 3.8) is 0 Å². The topological polar surface area (TPSA) is 12.0 Å². The molecule has 0 saturated heterocycles. The zero-order chi connectivity index (χ0) is 13.5. The molecular formula is C16H24ClNS. The first-order valence-electron chi connectivity index (χ1n) is 7.28. The van der Waals surface area contributed by atoms with E-state index in [1.165, 1.54) is 50.0 Å². The van der Waals surface area contributed by atoms with E-state index in [-0.39, 0.29) is 0 Å². The predicted molar refractivity (Wildman–Crippen MR) is 87.5 cm³/mol. The van der Waals surface area contributed by atoms with Crippen molar-refractivity contribution in [2.45, 2.75) is 44.1 Å². The van der Waals surface area contributed by atoms with Crippen LogP contribution in [0.1, 0.15) is 43.6 Å². The third kappa shape index (κ3) is 4.70. The van der Waals surface area contributed by atoms with Gasteiger partial charge in [-0.1, -0.05) is 36.2 Å². The van der Waals surface area contributed by atoms with Crippen LogP contribution in [0.4, 0.5) is 0 Å². The average molecular weight is 298 g/mol. The van der Waals surface area contributed by atoms with Crippen molar-refractivity contribution in [3.8, 4) is 0 Å². The predicted octanol–water partition coefficient (Wildman–Crippen LogP) is 4.71. The van der Waals surface area contributed by atoms with Crippen molar-refractivity contribution in [3.05, 3.63) is 34.9 Å². The Bertz CT molecular complexity index is 377. The molecule has 106 valence electrons. The lowest BCUT2D eigenvalue weighted by Gasteiger charge is -2.37. The van der Waals surface area contributed by atoms with Crippen LogP contribution in [0.3, 0.4) is 0 Å². The highest BCUT2D eigenvalue weighted by molar-refractivity contribution is 7.98. The Balaban J connectivity index is 1.58. The molecule has 3 heteroatoms. The number of rotatable bonds is 8. The standard InChI is InChI=1S/C16H24ClNS/c1-19-10-6-2-5-9-18-14-11-13(12-14)15-7-3-4-8-16(15)17/h3-4,7-8,13-14,18H,2,5-6,9-12H2,1H3. The van der Waals surface area contributed by atoms with Crippen LogP contribution in [0.15, 0.2) is 24.3 Å². The van der Waals surface area contributed by atoms with Gasteiger partial charge in [-0.2, -0.15) is 11.8 Å². The maximum absolute atomic E-state index is 6.23. The molecule has 0 atom stereocenters. The molecular weight excluding hydrogens is 274 g/mol. The molecule has 0 aromatic heterocycles. The number of halogens is 1. The van der Waals surface area contributed by atoms with Crippen molar-refractivity contribution in [2.75, 3.05) is 18.6 Å². The molecule has 0 heterocycles. The Morgan fingerprint density at radius 3 is 2.74 bits per heavy atom. The summed E-state index contributed by atoms with van der Waals surface area (Å²) in [6.07, 6.45) is 8.70. The number of unbranched alkanes of at least 4 members (excludes halogenated alkanes) is 2. The van der Waals surface area contributed by atoms with E-state index in [4.69, 9.17) is 11.6 Å². The molecule has 19 heavy (non-hydrogen) atoms. The summed E-state index contributed by atoms with van der Waals surface area (Å²) < 4.78 is 0. The molecule has 0 aliphatic heterocycles. The molecule has 0 spiro atoms. The summed E-state index contributed by atoms with van der Waals surface area (Å²) in [6.45, 7) is 1.17. The van der Waals surface area contributed by atoms with E-state index in [0.29, 0.717) is 12.0 Å². The molecule has 2 rings (SSSR count). The lowest BCUT2D eigenvalue weighted by atomic mass is 9.76. The Hall–Kier alpha value is -0.180. The van der Waals surface area contributed by atoms with Gasteiger partial charge in [0.05, 0.1) is 0 Å². The Morgan fingerprint density at radius 2 is 2.00 bits per heavy atom. The smallest absolute Gasteiger partial charge is 0.0440 e. The van der Waals surface area contributed by atoms with Crippen molar-refractivity contribution >= 4 is 23.4 Å². The van der Waals surface area contributed by atoms with Gasteiger partial charge >= 0.3 is 0 Å². The SMILES string of the molecule is CSCCCCCNC1CC(c2ccccc2Cl)C1. The summed E-state index contributed by atoms with van der Waals surface area (Å²) in [6, 6.07) is 8.99. The summed E-state index contributed by atoms with van der Waals surface area (Å²) in [5, 5.41) is 4.60. The van der Waals surface area contributed by atoms with Crippen LogP contribution in [-0.4, -0.2) is 24.6 Å². The molecule has 1 nitrogen and oxygen atoms in total. The summed E-state index contributed by atoms with van der Waals surface area (Å²) in [5.41, 5.74) is 1.34. The highest BCUT2D eigenvalue weighted by Crippen LogP contribution is 2.39. The van der Waals surface area contributed by atoms with Gasteiger partial charge in [0.15, 0.2) is 0 Å². The van der Waals surface area contributed by atoms with Gasteiger partial charge in [0.25, 0.3) is 0 Å². The van der Waals surface area contributed by atoms with E-state index in [9.17, 15) is 0 Å². The third-order valence-corrected chi connectivity index (χ3v) is 4.98. The molecule has 1 aliphatic carbocycles. The third-order valence-electron chi connectivity index (χ3n) is 3.94. The van der Waals surface area contributed by atoms with Crippen LogP contribution < -0.4 is 5.32 Å². The van der Waals surface area contributed by atoms with Crippen molar-refractivity contribution < 1.29 is 0 Å². The van der Waals surface area contributed by atoms with Crippen molar-refractivity contribution in [1.29, 1.82) is 0 Å². The fourth-order valence-electron chi connectivity index (χ4n) is 2.70. The maximum atomic E-state index is 6.23. The number of hydrogen-bond donors (Lipinski definition) is 1. The molecule has 0 bridgehead atoms. The zero-order valence-corrected chi connectivity index (χ0v) is 13.3. The lowest BCUT2D eigenvalue weighted by Crippen LogP contribution is -2.40. The van der Waals surface area contributed by atoms with Gasteiger partial charge in [-0.3, -0.25) is 0 Å². The summed E-state index contributed by atoms with van der Waals surface area (Å²) >= 11 is 8.18. The van der Waals surface area contributed by atoms with E-state index >= 15 is 0 Å². The van der Waals surface area contributed by atoms with E-state index in [2.05, 4.69) is 23.7 Å². The monoisotopic (exact) mass is 297 g/mol. The van der Waals surface area contributed by atoms with E-state index in [0.717, 1.165) is 5.02 Å². The van der Waals surface area contributed by atoms with E-state index in [1.807, 2.05) is 23.9 Å². The summed E-state index contributed by atoms with van der Waals surface area (Å²) in [5.74, 6) is 1.97. The van der Waals surface area contributed by atoms with E-state index < -0.39 is 0 Å². The van der Waals surface area contributed by atoms with Gasteiger partial charge in [0, 0.05) is 11.1 Å². The molecule has 0 radical (unpaired) electrons. The van der Waals surface area contributed by atoms with Crippen LogP contribution >= 0.6 is 23.4 Å². The molecule has 0 unspecified atom stereocenters. The molecule has 1 aliphatic rings. The van der Waals surface area contributed by atoms with Gasteiger partial charge in [-0.25, -0.2) is 0 Å². The first kappa shape index (κ1) is 15.2. The first-order chi connectivity index (χ1) is 9.31. The van der Waals surface area contributed by atoms with Crippen LogP contribution in [0.5, 0.6) is 0 Å². The minimum Gasteiger partial charge on any atom is -0.314 e. The highest BCUT2D eigenvalue weighted by atomic mass is 35.5. The number of hydrogen-bond acceptors (Lipinski definition) is 2. The summed E-state index contributed by atoms with van der Waals surface area (Å²) in [4.78, 5) is 0. The van der Waals surface area contributed by atoms with Crippen molar-refractivity contribution in [2.24, 2.45) is 0 Å². The Labute approximate surface area is 126 Å². The highest BCUT2D eigenvalue weighted by Gasteiger charge is 2.30. The van der Waals surface area contributed by atoms with E-state index in [1.54, 1.807) is 0 Å². The fraction of sp³-hybridized carbons (Fsp3) is 0.625. The van der Waals surface area contributed by atoms with Gasteiger partial charge in [-0.15, -0.1) is 0 Å². The van der Waals surface area contributed by atoms with Gasteiger partial charge in [0.1, 0.15) is 0 Å². The molecule has 1 aromatic carbocycles. The Morgan fingerprint density at radius 1 is 1.21 bits per heavy atom. The molecule has 1 fully saturated rings. The number of nitrogens with one attached hydrogen (secondary N) is 1. The second kappa shape index (κ2) is 8.18. The second-order valence-electron chi connectivity index (χ2n) is 5.39. The van der Waals surface area contributed by atoms with Crippen molar-refractivity contribution in [1.82, 2.24) is 5.32 Å². The second-order valence-corrected chi connectivity index (χ2v) is 6.79. The Kier molecular flexibility index (Phi) is 6.55. The molecule has 1 N–H and O–H groups in total. The molecule has 0 amide bonds. The maximum Gasteiger partial charge on any atom is 0.0440 e. The number of thioether (sulfide) groups is 1. The normalized spacial score (nSPS) is 22.2. The van der Waals surface area contributed by atoms with Crippen LogP contribution in [0.2, 0.25) is 5.02 Å². The first-order valence-corrected chi connectivity index (χ1v) is 9.05. The van der Waals surface area contributed by atoms with Crippen LogP contribution in [-0.2, 0) is 0 Å². The minimum absolute atomic E-state index is 0.669. The zero-order valence-electron chi connectivity index (χ0n) is 11.7. The minimum atomic E-state index is 0.669. The fourth-order valence-corrected chi connectivity index (χ4v) is 3.48. The quantitative estimate of drug-likeness (QED) is 0.698. The molecule has 1 aromatic rings. The molecule has 1 saturated carbocycles. The lowest BCUT2D eigenvalue weighted by molar-refractivity contribution is 0.290. The van der Waals surface area contributed by atoms with Crippen LogP contribution in [0.25, 0.3) is 0 Å². The van der Waals surface area contributed by atoms with Gasteiger partial charge in [0.2, 0.25) is 0 Å². The summed E-state index contributed by atoms with van der Waals surface area (Å²) in [7, 11) is 0. The average Bonchev–Trinajstić information content (AvgIpc) is 2.37.